The molecule has 0 bridgehead atoms. The number of carbonyl (C=O) groups excluding carboxylic acids is 3. The molecule has 2 saturated heterocycles. The monoisotopic (exact) mass is 601 g/mol. The second-order valence-electron chi connectivity index (χ2n) is 10.3. The number of carbonyl (C=O) groups is 3. The van der Waals surface area contributed by atoms with Crippen LogP contribution in [0.5, 0.6) is 5.75 Å². The fourth-order valence-electron chi connectivity index (χ4n) is 4.95. The number of hydrogen-bond donors (Lipinski definition) is 2. The Labute approximate surface area is 245 Å². The lowest BCUT2D eigenvalue weighted by Gasteiger charge is -2.50. The van der Waals surface area contributed by atoms with Crippen molar-refractivity contribution < 1.29 is 33.4 Å². The molecule has 1 aromatic heterocycles. The molecule has 0 saturated carbocycles. The molecule has 2 amide bonds. The van der Waals surface area contributed by atoms with Crippen LogP contribution in [-0.2, 0) is 35.3 Å². The number of nitrogens with two attached hydrogens (primary N) is 1. The standard InChI is InChI=1S/C27H31N5O7S2/c1-27(2)10-9-18(39-27)16-12-40-24-20(30-22(33)19(31-37-4)17-13-41-26(28)29-17)23(34)32(24)21(16)25(35)38-11-14-5-7-15(36-3)8-6-14/h5-8,13,18,20,24H,9-12H2,1-4H3,(H2,28,29)(H,30,33)/b31-19-/t18-,20+,24+/m0/s1. The Kier molecular flexibility index (Phi) is 8.25. The zero-order valence-corrected chi connectivity index (χ0v) is 24.7. The highest BCUT2D eigenvalue weighted by Gasteiger charge is 2.56. The Hall–Kier alpha value is -3.62. The van der Waals surface area contributed by atoms with Crippen molar-refractivity contribution in [2.24, 2.45) is 5.16 Å². The van der Waals surface area contributed by atoms with Crippen molar-refractivity contribution in [3.8, 4) is 5.75 Å². The predicted octanol–water partition coefficient (Wildman–Crippen LogP) is 2.44. The van der Waals surface area contributed by atoms with Gasteiger partial charge in [-0.3, -0.25) is 14.5 Å². The van der Waals surface area contributed by atoms with E-state index >= 15 is 0 Å². The summed E-state index contributed by atoms with van der Waals surface area (Å²) < 4.78 is 17.1. The van der Waals surface area contributed by atoms with Gasteiger partial charge in [0.1, 0.15) is 42.3 Å². The number of esters is 1. The number of thiazole rings is 1. The van der Waals surface area contributed by atoms with E-state index in [2.05, 4.69) is 15.5 Å². The highest BCUT2D eigenvalue weighted by atomic mass is 32.2. The number of β-lactam (4-membered cyclic amide) rings is 1. The van der Waals surface area contributed by atoms with E-state index in [1.807, 2.05) is 13.8 Å². The van der Waals surface area contributed by atoms with Gasteiger partial charge in [-0.2, -0.15) is 0 Å². The number of oxime groups is 1. The summed E-state index contributed by atoms with van der Waals surface area (Å²) in [5, 5.41) is 7.84. The molecule has 12 nitrogen and oxygen atoms in total. The van der Waals surface area contributed by atoms with E-state index in [-0.39, 0.29) is 40.5 Å². The molecule has 0 radical (unpaired) electrons. The summed E-state index contributed by atoms with van der Waals surface area (Å²) in [7, 11) is 2.88. The second kappa shape index (κ2) is 11.7. The number of methoxy groups -OCH3 is 1. The van der Waals surface area contributed by atoms with Gasteiger partial charge in [-0.05, 0) is 50.0 Å². The number of rotatable bonds is 9. The molecule has 41 heavy (non-hydrogen) atoms. The van der Waals surface area contributed by atoms with Crippen molar-refractivity contribution in [3.05, 3.63) is 52.2 Å². The number of benzene rings is 1. The lowest BCUT2D eigenvalue weighted by molar-refractivity contribution is -0.153. The van der Waals surface area contributed by atoms with Crippen LogP contribution in [0.2, 0.25) is 0 Å². The smallest absolute Gasteiger partial charge is 0.355 e. The Morgan fingerprint density at radius 1 is 1.27 bits per heavy atom. The molecule has 0 spiro atoms. The SMILES string of the molecule is CO/N=C(\C(=O)N[C@@H]1C(=O)N2C(C(=O)OCc3ccc(OC)cc3)=C([C@@H]3CCC(C)(C)O3)CS[C@H]12)c1csc(N)n1. The van der Waals surface area contributed by atoms with Crippen LogP contribution in [-0.4, -0.2) is 76.5 Å². The summed E-state index contributed by atoms with van der Waals surface area (Å²) in [5.74, 6) is -0.566. The molecule has 1 aromatic carbocycles. The van der Waals surface area contributed by atoms with Gasteiger partial charge in [-0.1, -0.05) is 17.3 Å². The average Bonchev–Trinajstić information content (AvgIpc) is 3.56. The molecule has 4 heterocycles. The lowest BCUT2D eigenvalue weighted by Crippen LogP contribution is -2.71. The molecule has 2 fully saturated rings. The molecule has 3 N–H and O–H groups in total. The summed E-state index contributed by atoms with van der Waals surface area (Å²) >= 11 is 2.60. The van der Waals surface area contributed by atoms with Gasteiger partial charge in [0.15, 0.2) is 10.8 Å². The van der Waals surface area contributed by atoms with Crippen LogP contribution in [0.1, 0.15) is 37.9 Å². The van der Waals surface area contributed by atoms with E-state index in [4.69, 9.17) is 24.8 Å². The quantitative estimate of drug-likeness (QED) is 0.190. The van der Waals surface area contributed by atoms with Crippen molar-refractivity contribution >= 4 is 51.7 Å². The van der Waals surface area contributed by atoms with E-state index in [9.17, 15) is 14.4 Å². The summed E-state index contributed by atoms with van der Waals surface area (Å²) in [6.07, 6.45) is 1.22. The number of hydrogen-bond acceptors (Lipinski definition) is 12. The highest BCUT2D eigenvalue weighted by molar-refractivity contribution is 8.00. The van der Waals surface area contributed by atoms with Crippen molar-refractivity contribution in [2.45, 2.75) is 56.4 Å². The van der Waals surface area contributed by atoms with Crippen LogP contribution < -0.4 is 15.8 Å². The normalized spacial score (nSPS) is 23.5. The van der Waals surface area contributed by atoms with E-state index in [0.29, 0.717) is 17.1 Å². The van der Waals surface area contributed by atoms with Gasteiger partial charge < -0.3 is 30.1 Å². The third-order valence-corrected chi connectivity index (χ3v) is 9.00. The molecule has 218 valence electrons. The van der Waals surface area contributed by atoms with Crippen molar-refractivity contribution in [3.63, 3.8) is 0 Å². The molecule has 3 aliphatic heterocycles. The molecule has 0 aliphatic carbocycles. The molecular formula is C27H31N5O7S2. The van der Waals surface area contributed by atoms with E-state index in [0.717, 1.165) is 29.7 Å². The lowest BCUT2D eigenvalue weighted by atomic mass is 9.98. The summed E-state index contributed by atoms with van der Waals surface area (Å²) in [4.78, 5) is 50.5. The van der Waals surface area contributed by atoms with E-state index in [1.54, 1.807) is 36.8 Å². The van der Waals surface area contributed by atoms with Crippen LogP contribution >= 0.6 is 23.1 Å². The number of ether oxygens (including phenoxy) is 3. The van der Waals surface area contributed by atoms with Gasteiger partial charge in [-0.15, -0.1) is 23.1 Å². The number of nitrogen functional groups attached to an aromatic ring is 1. The van der Waals surface area contributed by atoms with Gasteiger partial charge >= 0.3 is 5.97 Å². The Bertz CT molecular complexity index is 1400. The third kappa shape index (κ3) is 5.90. The molecule has 3 atom stereocenters. The first-order chi connectivity index (χ1) is 19.6. The van der Waals surface area contributed by atoms with Gasteiger partial charge in [0.05, 0.1) is 18.8 Å². The maximum atomic E-state index is 13.6. The third-order valence-electron chi connectivity index (χ3n) is 7.03. The van der Waals surface area contributed by atoms with Crippen LogP contribution in [0.15, 0.2) is 46.1 Å². The first-order valence-electron chi connectivity index (χ1n) is 12.9. The number of amides is 2. The first kappa shape index (κ1) is 28.9. The van der Waals surface area contributed by atoms with Crippen LogP contribution in [0.25, 0.3) is 0 Å². The summed E-state index contributed by atoms with van der Waals surface area (Å²) in [5.41, 5.74) is 7.16. The van der Waals surface area contributed by atoms with Gasteiger partial charge in [-0.25, -0.2) is 9.78 Å². The van der Waals surface area contributed by atoms with Crippen LogP contribution in [0, 0.1) is 0 Å². The van der Waals surface area contributed by atoms with Crippen molar-refractivity contribution in [2.75, 3.05) is 25.7 Å². The minimum atomic E-state index is -0.891. The van der Waals surface area contributed by atoms with Gasteiger partial charge in [0.25, 0.3) is 11.8 Å². The van der Waals surface area contributed by atoms with Gasteiger partial charge in [0, 0.05) is 11.1 Å². The molecular weight excluding hydrogens is 570 g/mol. The minimum absolute atomic E-state index is 0.0181. The number of aromatic nitrogens is 1. The van der Waals surface area contributed by atoms with E-state index < -0.39 is 29.2 Å². The Morgan fingerprint density at radius 3 is 2.63 bits per heavy atom. The second-order valence-corrected chi connectivity index (χ2v) is 12.3. The summed E-state index contributed by atoms with van der Waals surface area (Å²) in [6.45, 7) is 4.02. The van der Waals surface area contributed by atoms with E-state index in [1.165, 1.54) is 23.8 Å². The summed E-state index contributed by atoms with van der Waals surface area (Å²) in [6, 6.07) is 6.28. The fourth-order valence-corrected chi connectivity index (χ4v) is 6.90. The molecule has 2 aromatic rings. The Morgan fingerprint density at radius 2 is 2.02 bits per heavy atom. The van der Waals surface area contributed by atoms with Crippen molar-refractivity contribution in [1.29, 1.82) is 0 Å². The number of anilines is 1. The maximum Gasteiger partial charge on any atom is 0.355 e. The minimum Gasteiger partial charge on any atom is -0.497 e. The molecule has 14 heteroatoms. The molecule has 3 aliphatic rings. The topological polar surface area (TPSA) is 155 Å². The maximum absolute atomic E-state index is 13.6. The predicted molar refractivity (Wildman–Crippen MR) is 153 cm³/mol. The largest absolute Gasteiger partial charge is 0.497 e. The first-order valence-corrected chi connectivity index (χ1v) is 14.8. The number of fused-ring (bicyclic) bond motifs is 1. The average molecular weight is 602 g/mol. The molecule has 0 unspecified atom stereocenters. The number of thioether (sulfide) groups is 1. The van der Waals surface area contributed by atoms with Gasteiger partial charge in [0.2, 0.25) is 0 Å². The fraction of sp³-hybridized carbons (Fsp3) is 0.444. The highest BCUT2D eigenvalue weighted by Crippen LogP contribution is 2.45. The Balaban J connectivity index is 1.36. The zero-order chi connectivity index (χ0) is 29.3. The molecule has 5 rings (SSSR count). The zero-order valence-electron chi connectivity index (χ0n) is 23.0. The van der Waals surface area contributed by atoms with Crippen molar-refractivity contribution in [1.82, 2.24) is 15.2 Å². The van der Waals surface area contributed by atoms with Crippen LogP contribution in [0.3, 0.4) is 0 Å². The number of nitrogens with zero attached hydrogens (tertiary/aromatic N) is 3. The number of nitrogens with one attached hydrogen (secondary N) is 1. The van der Waals surface area contributed by atoms with Crippen LogP contribution in [0.4, 0.5) is 5.13 Å².